The Morgan fingerprint density at radius 1 is 1.44 bits per heavy atom. The van der Waals surface area contributed by atoms with E-state index in [1.807, 2.05) is 0 Å². The topological polar surface area (TPSA) is 17.0 Å². The van der Waals surface area contributed by atoms with Crippen molar-refractivity contribution in [1.82, 2.24) is 9.88 Å². The lowest BCUT2D eigenvalue weighted by atomic mass is 10.1. The Balaban J connectivity index is 2.40. The normalized spacial score (nSPS) is 20.1. The Bertz CT molecular complexity index is 557. The van der Waals surface area contributed by atoms with Crippen molar-refractivity contribution in [3.63, 3.8) is 0 Å². The highest BCUT2D eigenvalue weighted by atomic mass is 79.9. The fourth-order valence-electron chi connectivity index (χ4n) is 2.67. The summed E-state index contributed by atoms with van der Waals surface area (Å²) in [4.78, 5) is 0. The number of aryl methyl sites for hydroxylation is 1. The van der Waals surface area contributed by atoms with Gasteiger partial charge in [-0.15, -0.1) is 0 Å². The largest absolute Gasteiger partial charge is 0.339 e. The van der Waals surface area contributed by atoms with Gasteiger partial charge in [0.05, 0.1) is 5.52 Å². The number of halogens is 1. The minimum Gasteiger partial charge on any atom is -0.339 e. The van der Waals surface area contributed by atoms with Crippen LogP contribution in [0.5, 0.6) is 0 Å². The number of hydrogen-bond donors (Lipinski definition) is 1. The van der Waals surface area contributed by atoms with Gasteiger partial charge < -0.3 is 9.88 Å². The maximum atomic E-state index is 3.62. The first kappa shape index (κ1) is 10.4. The minimum absolute atomic E-state index is 0.536. The van der Waals surface area contributed by atoms with Crippen molar-refractivity contribution in [3.8, 4) is 0 Å². The Kier molecular flexibility index (Phi) is 2.33. The van der Waals surface area contributed by atoms with Crippen LogP contribution in [0.3, 0.4) is 0 Å². The van der Waals surface area contributed by atoms with Gasteiger partial charge in [0.1, 0.15) is 0 Å². The van der Waals surface area contributed by atoms with Gasteiger partial charge in [0.25, 0.3) is 0 Å². The first-order chi connectivity index (χ1) is 7.68. The lowest BCUT2D eigenvalue weighted by Gasteiger charge is -2.25. The van der Waals surface area contributed by atoms with E-state index in [0.29, 0.717) is 6.04 Å². The smallest absolute Gasteiger partial charge is 0.0526 e. The Hall–Kier alpha value is -0.800. The average molecular weight is 279 g/mol. The van der Waals surface area contributed by atoms with Gasteiger partial charge in [-0.1, -0.05) is 22.0 Å². The Morgan fingerprint density at radius 2 is 2.25 bits per heavy atom. The summed E-state index contributed by atoms with van der Waals surface area (Å²) in [6.07, 6.45) is 0. The molecule has 1 aromatic carbocycles. The zero-order valence-corrected chi connectivity index (χ0v) is 11.1. The summed E-state index contributed by atoms with van der Waals surface area (Å²) < 4.78 is 3.68. The van der Waals surface area contributed by atoms with Crippen LogP contribution in [0.15, 0.2) is 22.7 Å². The summed E-state index contributed by atoms with van der Waals surface area (Å²) in [5.74, 6) is 0. The molecule has 1 N–H and O–H groups in total. The molecule has 3 rings (SSSR count). The Morgan fingerprint density at radius 3 is 3.06 bits per heavy atom. The van der Waals surface area contributed by atoms with Crippen LogP contribution in [0.25, 0.3) is 10.9 Å². The maximum absolute atomic E-state index is 3.62. The van der Waals surface area contributed by atoms with Gasteiger partial charge in [0, 0.05) is 34.7 Å². The van der Waals surface area contributed by atoms with Crippen molar-refractivity contribution in [2.75, 3.05) is 6.54 Å². The molecule has 0 unspecified atom stereocenters. The lowest BCUT2D eigenvalue weighted by molar-refractivity contribution is 0.439. The molecular formula is C13H15BrN2. The highest BCUT2D eigenvalue weighted by Crippen LogP contribution is 2.32. The second-order valence-electron chi connectivity index (χ2n) is 4.60. The summed E-state index contributed by atoms with van der Waals surface area (Å²) in [6, 6.07) is 7.18. The molecular weight excluding hydrogens is 264 g/mol. The third-order valence-electron chi connectivity index (χ3n) is 3.46. The third kappa shape index (κ3) is 1.35. The van der Waals surface area contributed by atoms with Gasteiger partial charge in [0.2, 0.25) is 0 Å². The first-order valence-electron chi connectivity index (χ1n) is 5.68. The van der Waals surface area contributed by atoms with E-state index in [-0.39, 0.29) is 0 Å². The van der Waals surface area contributed by atoms with Crippen molar-refractivity contribution in [2.24, 2.45) is 0 Å². The average Bonchev–Trinajstić information content (AvgIpc) is 2.64. The van der Waals surface area contributed by atoms with E-state index in [1.54, 1.807) is 0 Å². The monoisotopic (exact) mass is 278 g/mol. The molecule has 0 saturated carbocycles. The van der Waals surface area contributed by atoms with Gasteiger partial charge in [-0.05, 0) is 31.5 Å². The molecule has 1 aliphatic heterocycles. The van der Waals surface area contributed by atoms with Gasteiger partial charge in [-0.3, -0.25) is 0 Å². The van der Waals surface area contributed by atoms with Crippen LogP contribution >= 0.6 is 15.9 Å². The molecule has 0 amide bonds. The van der Waals surface area contributed by atoms with Gasteiger partial charge in [-0.25, -0.2) is 0 Å². The molecule has 0 spiro atoms. The van der Waals surface area contributed by atoms with E-state index in [4.69, 9.17) is 0 Å². The number of hydrogen-bond acceptors (Lipinski definition) is 1. The van der Waals surface area contributed by atoms with Crippen LogP contribution in [0.2, 0.25) is 0 Å². The lowest BCUT2D eigenvalue weighted by Crippen LogP contribution is -2.31. The number of nitrogens with one attached hydrogen (secondary N) is 1. The second kappa shape index (κ2) is 3.60. The van der Waals surface area contributed by atoms with Crippen molar-refractivity contribution in [3.05, 3.63) is 33.9 Å². The molecule has 0 aliphatic carbocycles. The van der Waals surface area contributed by atoms with Crippen molar-refractivity contribution < 1.29 is 0 Å². The van der Waals surface area contributed by atoms with Crippen LogP contribution in [0, 0.1) is 6.92 Å². The second-order valence-corrected chi connectivity index (χ2v) is 5.45. The number of aromatic nitrogens is 1. The minimum atomic E-state index is 0.536. The zero-order chi connectivity index (χ0) is 11.3. The van der Waals surface area contributed by atoms with Crippen LogP contribution < -0.4 is 5.32 Å². The molecule has 1 aromatic heterocycles. The van der Waals surface area contributed by atoms with E-state index in [0.717, 1.165) is 13.1 Å². The van der Waals surface area contributed by atoms with Crippen molar-refractivity contribution in [1.29, 1.82) is 0 Å². The Labute approximate surface area is 104 Å². The molecule has 2 heterocycles. The quantitative estimate of drug-likeness (QED) is 0.782. The van der Waals surface area contributed by atoms with E-state index >= 15 is 0 Å². The van der Waals surface area contributed by atoms with Gasteiger partial charge in [0.15, 0.2) is 0 Å². The van der Waals surface area contributed by atoms with Crippen molar-refractivity contribution in [2.45, 2.75) is 26.4 Å². The summed E-state index contributed by atoms with van der Waals surface area (Å²) in [5, 5.41) is 4.81. The predicted molar refractivity (Wildman–Crippen MR) is 70.8 cm³/mol. The zero-order valence-electron chi connectivity index (χ0n) is 9.55. The molecule has 0 bridgehead atoms. The van der Waals surface area contributed by atoms with E-state index in [2.05, 4.69) is 57.9 Å². The number of rotatable bonds is 0. The SMILES string of the molecule is Cc1c(Br)ccc2cc3n(c12)[C@H](C)CNC3. The van der Waals surface area contributed by atoms with Crippen LogP contribution in [-0.2, 0) is 6.54 Å². The van der Waals surface area contributed by atoms with Gasteiger partial charge >= 0.3 is 0 Å². The molecule has 16 heavy (non-hydrogen) atoms. The summed E-state index contributed by atoms with van der Waals surface area (Å²) >= 11 is 3.62. The van der Waals surface area contributed by atoms with Crippen LogP contribution in [0.4, 0.5) is 0 Å². The summed E-state index contributed by atoms with van der Waals surface area (Å²) in [5.41, 5.74) is 4.13. The fourth-order valence-corrected chi connectivity index (χ4v) is 2.99. The number of fused-ring (bicyclic) bond motifs is 3. The van der Waals surface area contributed by atoms with Crippen LogP contribution in [-0.4, -0.2) is 11.1 Å². The molecule has 0 radical (unpaired) electrons. The third-order valence-corrected chi connectivity index (χ3v) is 4.31. The standard InChI is InChI=1S/C13H15BrN2/c1-8-6-15-7-11-5-10-3-4-12(14)9(2)13(10)16(8)11/h3-5,8,15H,6-7H2,1-2H3/t8-/m1/s1. The predicted octanol–water partition coefficient (Wildman–Crippen LogP) is 3.38. The molecule has 2 nitrogen and oxygen atoms in total. The summed E-state index contributed by atoms with van der Waals surface area (Å²) in [6.45, 7) is 6.50. The maximum Gasteiger partial charge on any atom is 0.0526 e. The highest BCUT2D eigenvalue weighted by Gasteiger charge is 2.19. The van der Waals surface area contributed by atoms with Crippen LogP contribution in [0.1, 0.15) is 24.2 Å². The molecule has 0 saturated heterocycles. The molecule has 84 valence electrons. The van der Waals surface area contributed by atoms with Crippen molar-refractivity contribution >= 4 is 26.8 Å². The van der Waals surface area contributed by atoms with E-state index in [1.165, 1.54) is 26.6 Å². The fraction of sp³-hybridized carbons (Fsp3) is 0.385. The molecule has 0 fully saturated rings. The molecule has 1 aliphatic rings. The summed E-state index contributed by atoms with van der Waals surface area (Å²) in [7, 11) is 0. The number of benzene rings is 1. The first-order valence-corrected chi connectivity index (χ1v) is 6.47. The van der Waals surface area contributed by atoms with E-state index in [9.17, 15) is 0 Å². The number of nitrogens with zero attached hydrogens (tertiary/aromatic N) is 1. The highest BCUT2D eigenvalue weighted by molar-refractivity contribution is 9.10. The molecule has 1 atom stereocenters. The van der Waals surface area contributed by atoms with Gasteiger partial charge in [-0.2, -0.15) is 0 Å². The van der Waals surface area contributed by atoms with E-state index < -0.39 is 0 Å². The molecule has 2 aromatic rings. The molecule has 3 heteroatoms.